The summed E-state index contributed by atoms with van der Waals surface area (Å²) in [4.78, 5) is 27.5. The van der Waals surface area contributed by atoms with Crippen LogP contribution >= 0.6 is 11.8 Å². The highest BCUT2D eigenvalue weighted by Crippen LogP contribution is 2.39. The van der Waals surface area contributed by atoms with Gasteiger partial charge < -0.3 is 11.1 Å². The van der Waals surface area contributed by atoms with Gasteiger partial charge >= 0.3 is 0 Å². The molecule has 2 fully saturated rings. The smallest absolute Gasteiger partial charge is 0.238 e. The second-order valence-electron chi connectivity index (χ2n) is 6.72. The number of nitrogens with two attached hydrogens (primary N) is 1. The van der Waals surface area contributed by atoms with Crippen LogP contribution in [0.2, 0.25) is 0 Å². The Labute approximate surface area is 147 Å². The maximum atomic E-state index is 12.5. The minimum absolute atomic E-state index is 0.0780. The number of anilines is 1. The van der Waals surface area contributed by atoms with Crippen molar-refractivity contribution < 1.29 is 9.59 Å². The Hall–Kier alpha value is -1.53. The summed E-state index contributed by atoms with van der Waals surface area (Å²) >= 11 is 1.64. The highest BCUT2D eigenvalue weighted by atomic mass is 32.2. The molecule has 130 valence electrons. The van der Waals surface area contributed by atoms with Crippen molar-refractivity contribution in [2.24, 2.45) is 11.7 Å². The Morgan fingerprint density at radius 1 is 1.33 bits per heavy atom. The first-order chi connectivity index (χ1) is 11.6. The Morgan fingerprint density at radius 2 is 2.12 bits per heavy atom. The van der Waals surface area contributed by atoms with Crippen LogP contribution in [0.3, 0.4) is 0 Å². The summed E-state index contributed by atoms with van der Waals surface area (Å²) in [6.07, 6.45) is 7.39. The van der Waals surface area contributed by atoms with Gasteiger partial charge in [0, 0.05) is 16.6 Å². The number of hydrogen-bond donors (Lipinski definition) is 2. The number of benzene rings is 1. The summed E-state index contributed by atoms with van der Waals surface area (Å²) < 4.78 is 0. The van der Waals surface area contributed by atoms with E-state index in [1.165, 1.54) is 12.8 Å². The molecule has 1 saturated heterocycles. The summed E-state index contributed by atoms with van der Waals surface area (Å²) in [7, 11) is 0. The van der Waals surface area contributed by atoms with E-state index < -0.39 is 0 Å². The third-order valence-corrected chi connectivity index (χ3v) is 5.95. The van der Waals surface area contributed by atoms with Crippen molar-refractivity contribution in [2.75, 3.05) is 18.1 Å². The van der Waals surface area contributed by atoms with Crippen LogP contribution in [0.25, 0.3) is 0 Å². The molecule has 2 amide bonds. The van der Waals surface area contributed by atoms with E-state index in [4.69, 9.17) is 5.73 Å². The molecule has 1 saturated carbocycles. The molecule has 1 aliphatic heterocycles. The van der Waals surface area contributed by atoms with Crippen LogP contribution in [0.5, 0.6) is 0 Å². The molecule has 1 aromatic rings. The average molecular weight is 347 g/mol. The van der Waals surface area contributed by atoms with Crippen molar-refractivity contribution in [2.45, 2.75) is 49.1 Å². The average Bonchev–Trinajstić information content (AvgIpc) is 2.94. The molecule has 5 nitrogen and oxygen atoms in total. The monoisotopic (exact) mass is 347 g/mol. The van der Waals surface area contributed by atoms with Gasteiger partial charge in [-0.15, -0.1) is 11.8 Å². The van der Waals surface area contributed by atoms with E-state index in [-0.39, 0.29) is 24.4 Å². The largest absolute Gasteiger partial charge is 0.368 e. The number of nitrogens with zero attached hydrogens (tertiary/aromatic N) is 1. The van der Waals surface area contributed by atoms with Crippen molar-refractivity contribution in [3.05, 3.63) is 24.3 Å². The standard InChI is InChI=1S/C18H25N3O2S/c1-24-14-7-4-6-13(10-14)20-17(22)11-21-15-8-3-2-5-12(15)9-16(21)18(19)23/h4,6-7,10,12,15-16H,2-3,5,8-9,11H2,1H3,(H2,19,23)(H,20,22)/t12-,15+,16+/m1/s1. The van der Waals surface area contributed by atoms with Gasteiger partial charge in [-0.25, -0.2) is 0 Å². The predicted octanol–water partition coefficient (Wildman–Crippen LogP) is 2.47. The van der Waals surface area contributed by atoms with Gasteiger partial charge in [0.1, 0.15) is 0 Å². The number of rotatable bonds is 5. The second-order valence-corrected chi connectivity index (χ2v) is 7.60. The molecule has 3 atom stereocenters. The Balaban J connectivity index is 1.68. The highest BCUT2D eigenvalue weighted by molar-refractivity contribution is 7.98. The molecule has 24 heavy (non-hydrogen) atoms. The first-order valence-corrected chi connectivity index (χ1v) is 9.80. The SMILES string of the molecule is CSc1cccc(NC(=O)CN2[C@H](C(N)=O)C[C@H]3CCCC[C@@H]32)c1. The highest BCUT2D eigenvalue weighted by Gasteiger charge is 2.44. The second kappa shape index (κ2) is 7.57. The molecular formula is C18H25N3O2S. The van der Waals surface area contributed by atoms with Gasteiger partial charge in [-0.1, -0.05) is 18.9 Å². The summed E-state index contributed by atoms with van der Waals surface area (Å²) in [6, 6.07) is 7.80. The minimum atomic E-state index is -0.304. The van der Waals surface area contributed by atoms with Crippen molar-refractivity contribution in [1.29, 1.82) is 0 Å². The van der Waals surface area contributed by atoms with Gasteiger partial charge in [-0.05, 0) is 49.6 Å². The molecule has 1 aromatic carbocycles. The topological polar surface area (TPSA) is 75.4 Å². The summed E-state index contributed by atoms with van der Waals surface area (Å²) in [6.45, 7) is 0.234. The molecule has 1 heterocycles. The summed E-state index contributed by atoms with van der Waals surface area (Å²) in [5, 5.41) is 2.95. The molecular weight excluding hydrogens is 322 g/mol. The van der Waals surface area contributed by atoms with E-state index in [2.05, 4.69) is 5.32 Å². The van der Waals surface area contributed by atoms with Crippen molar-refractivity contribution in [1.82, 2.24) is 4.90 Å². The van der Waals surface area contributed by atoms with Gasteiger partial charge in [0.25, 0.3) is 0 Å². The van der Waals surface area contributed by atoms with E-state index in [1.54, 1.807) is 11.8 Å². The van der Waals surface area contributed by atoms with Crippen LogP contribution in [-0.2, 0) is 9.59 Å². The van der Waals surface area contributed by atoms with Gasteiger partial charge in [0.2, 0.25) is 11.8 Å². The third kappa shape index (κ3) is 3.75. The number of carbonyl (C=O) groups excluding carboxylic acids is 2. The lowest BCUT2D eigenvalue weighted by atomic mass is 9.84. The van der Waals surface area contributed by atoms with Gasteiger partial charge in [-0.2, -0.15) is 0 Å². The van der Waals surface area contributed by atoms with E-state index in [0.717, 1.165) is 29.8 Å². The van der Waals surface area contributed by atoms with Gasteiger partial charge in [0.05, 0.1) is 12.6 Å². The van der Waals surface area contributed by atoms with Crippen LogP contribution in [-0.4, -0.2) is 41.6 Å². The predicted molar refractivity (Wildman–Crippen MR) is 96.9 cm³/mol. The number of likely N-dealkylation sites (tertiary alicyclic amines) is 1. The zero-order valence-corrected chi connectivity index (χ0v) is 14.8. The Bertz CT molecular complexity index is 622. The summed E-state index contributed by atoms with van der Waals surface area (Å²) in [5.41, 5.74) is 6.39. The first kappa shape index (κ1) is 17.3. The molecule has 0 unspecified atom stereocenters. The van der Waals surface area contributed by atoms with Gasteiger partial charge in [-0.3, -0.25) is 14.5 Å². The van der Waals surface area contributed by atoms with Crippen molar-refractivity contribution in [3.8, 4) is 0 Å². The van der Waals surface area contributed by atoms with Crippen LogP contribution < -0.4 is 11.1 Å². The molecule has 6 heteroatoms. The number of primary amides is 1. The van der Waals surface area contributed by atoms with E-state index in [0.29, 0.717) is 12.0 Å². The molecule has 0 radical (unpaired) electrons. The number of fused-ring (bicyclic) bond motifs is 1. The Morgan fingerprint density at radius 3 is 2.88 bits per heavy atom. The van der Waals surface area contributed by atoms with E-state index >= 15 is 0 Å². The van der Waals surface area contributed by atoms with Crippen molar-refractivity contribution in [3.63, 3.8) is 0 Å². The van der Waals surface area contributed by atoms with E-state index in [9.17, 15) is 9.59 Å². The molecule has 1 aliphatic carbocycles. The first-order valence-electron chi connectivity index (χ1n) is 8.57. The van der Waals surface area contributed by atoms with E-state index in [1.807, 2.05) is 35.4 Å². The molecule has 0 bridgehead atoms. The summed E-state index contributed by atoms with van der Waals surface area (Å²) in [5.74, 6) is 0.121. The number of carbonyl (C=O) groups is 2. The number of amides is 2. The lowest BCUT2D eigenvalue weighted by Gasteiger charge is -2.32. The number of nitrogens with one attached hydrogen (secondary N) is 1. The van der Waals surface area contributed by atoms with Crippen LogP contribution in [0.1, 0.15) is 32.1 Å². The van der Waals surface area contributed by atoms with Crippen LogP contribution in [0.15, 0.2) is 29.2 Å². The molecule has 3 N–H and O–H groups in total. The zero-order valence-electron chi connectivity index (χ0n) is 14.0. The van der Waals surface area contributed by atoms with Crippen LogP contribution in [0.4, 0.5) is 5.69 Å². The van der Waals surface area contributed by atoms with Crippen LogP contribution in [0, 0.1) is 5.92 Å². The molecule has 0 spiro atoms. The molecule has 2 aliphatic rings. The Kier molecular flexibility index (Phi) is 5.46. The maximum absolute atomic E-state index is 12.5. The lowest BCUT2D eigenvalue weighted by molar-refractivity contribution is -0.124. The lowest BCUT2D eigenvalue weighted by Crippen LogP contribution is -2.48. The normalized spacial score (nSPS) is 26.8. The fourth-order valence-electron chi connectivity index (χ4n) is 4.13. The third-order valence-electron chi connectivity index (χ3n) is 5.23. The fourth-order valence-corrected chi connectivity index (χ4v) is 4.59. The minimum Gasteiger partial charge on any atom is -0.368 e. The maximum Gasteiger partial charge on any atom is 0.238 e. The zero-order chi connectivity index (χ0) is 17.1. The molecule has 0 aromatic heterocycles. The van der Waals surface area contributed by atoms with Crippen molar-refractivity contribution >= 4 is 29.3 Å². The number of thioether (sulfide) groups is 1. The number of hydrogen-bond acceptors (Lipinski definition) is 4. The quantitative estimate of drug-likeness (QED) is 0.802. The molecule has 3 rings (SSSR count). The fraction of sp³-hybridized carbons (Fsp3) is 0.556. The van der Waals surface area contributed by atoms with Gasteiger partial charge in [0.15, 0.2) is 0 Å².